The van der Waals surface area contributed by atoms with Crippen LogP contribution < -0.4 is 0 Å². The molecule has 0 unspecified atom stereocenters. The van der Waals surface area contributed by atoms with Gasteiger partial charge in [0, 0.05) is 24.7 Å². The average molecular weight is 302 g/mol. The highest BCUT2D eigenvalue weighted by atomic mass is 32.2. The summed E-state index contributed by atoms with van der Waals surface area (Å²) in [7, 11) is -2.91. The van der Waals surface area contributed by atoms with E-state index in [1.165, 1.54) is 6.42 Å². The predicted octanol–water partition coefficient (Wildman–Crippen LogP) is 0.895. The van der Waals surface area contributed by atoms with E-state index in [1.807, 2.05) is 16.7 Å². The Morgan fingerprint density at radius 3 is 2.25 bits per heavy atom. The summed E-state index contributed by atoms with van der Waals surface area (Å²) in [6.45, 7) is 6.94. The molecule has 0 spiro atoms. The van der Waals surface area contributed by atoms with Gasteiger partial charge in [-0.25, -0.2) is 8.42 Å². The molecule has 0 aliphatic carbocycles. The Morgan fingerprint density at radius 1 is 1.10 bits per heavy atom. The van der Waals surface area contributed by atoms with Crippen LogP contribution in [0, 0.1) is 0 Å². The Labute approximate surface area is 122 Å². The van der Waals surface area contributed by atoms with E-state index < -0.39 is 9.84 Å². The zero-order valence-electron chi connectivity index (χ0n) is 12.7. The van der Waals surface area contributed by atoms with Crippen LogP contribution in [0.25, 0.3) is 0 Å². The predicted molar refractivity (Wildman–Crippen MR) is 79.3 cm³/mol. The van der Waals surface area contributed by atoms with Gasteiger partial charge in [-0.3, -0.25) is 9.69 Å². The molecule has 2 rings (SSSR count). The second kappa shape index (κ2) is 6.02. The Bertz CT molecular complexity index is 453. The first-order valence-electron chi connectivity index (χ1n) is 7.56. The molecule has 2 heterocycles. The van der Waals surface area contributed by atoms with Crippen LogP contribution in [0.1, 0.15) is 40.0 Å². The van der Waals surface area contributed by atoms with E-state index >= 15 is 0 Å². The summed E-state index contributed by atoms with van der Waals surface area (Å²) in [5.41, 5.74) is 0. The molecule has 2 aliphatic heterocycles. The first kappa shape index (κ1) is 15.8. The van der Waals surface area contributed by atoms with Crippen molar-refractivity contribution in [2.24, 2.45) is 0 Å². The molecule has 0 saturated carbocycles. The number of carbonyl (C=O) groups excluding carboxylic acids is 1. The van der Waals surface area contributed by atoms with Crippen molar-refractivity contribution in [2.75, 3.05) is 24.6 Å². The molecule has 3 atom stereocenters. The van der Waals surface area contributed by atoms with Crippen LogP contribution in [-0.2, 0) is 14.6 Å². The van der Waals surface area contributed by atoms with Gasteiger partial charge in [-0.15, -0.1) is 0 Å². The van der Waals surface area contributed by atoms with Crippen LogP contribution in [0.4, 0.5) is 0 Å². The lowest BCUT2D eigenvalue weighted by atomic mass is 9.97. The van der Waals surface area contributed by atoms with Gasteiger partial charge in [0.25, 0.3) is 0 Å². The number of nitrogens with zero attached hydrogens (tertiary/aromatic N) is 2. The lowest BCUT2D eigenvalue weighted by Crippen LogP contribution is -2.55. The van der Waals surface area contributed by atoms with E-state index in [-0.39, 0.29) is 23.5 Å². The highest BCUT2D eigenvalue weighted by Gasteiger charge is 2.33. The second-order valence-corrected chi connectivity index (χ2v) is 8.59. The summed E-state index contributed by atoms with van der Waals surface area (Å²) in [5.74, 6) is 0.497. The molecule has 2 aliphatic rings. The van der Waals surface area contributed by atoms with Crippen LogP contribution in [0.5, 0.6) is 0 Å². The number of rotatable bonds is 2. The van der Waals surface area contributed by atoms with Gasteiger partial charge in [0.05, 0.1) is 18.1 Å². The fourth-order valence-electron chi connectivity index (χ4n) is 3.44. The summed E-state index contributed by atoms with van der Waals surface area (Å²) < 4.78 is 23.2. The zero-order valence-corrected chi connectivity index (χ0v) is 13.5. The first-order chi connectivity index (χ1) is 9.30. The maximum absolute atomic E-state index is 12.5. The Hall–Kier alpha value is -0.620. The smallest absolute Gasteiger partial charge is 0.237 e. The number of carbonyl (C=O) groups is 1. The molecule has 20 heavy (non-hydrogen) atoms. The van der Waals surface area contributed by atoms with Gasteiger partial charge in [0.2, 0.25) is 5.91 Å². The quantitative estimate of drug-likeness (QED) is 0.760. The molecule has 116 valence electrons. The van der Waals surface area contributed by atoms with Crippen molar-refractivity contribution in [3.05, 3.63) is 0 Å². The van der Waals surface area contributed by atoms with E-state index in [0.29, 0.717) is 25.2 Å². The SMILES string of the molecule is C[C@@H]1CS(=O)(=O)CCN1CC(=O)N1[C@H](C)CCC[C@@H]1C. The molecule has 1 amide bonds. The monoisotopic (exact) mass is 302 g/mol. The fourth-order valence-corrected chi connectivity index (χ4v) is 5.06. The second-order valence-electron chi connectivity index (χ2n) is 6.36. The van der Waals surface area contributed by atoms with E-state index in [9.17, 15) is 13.2 Å². The Kier molecular flexibility index (Phi) is 4.74. The van der Waals surface area contributed by atoms with Gasteiger partial charge in [-0.1, -0.05) is 0 Å². The minimum absolute atomic E-state index is 0.0619. The molecule has 0 aromatic rings. The summed E-state index contributed by atoms with van der Waals surface area (Å²) in [6, 6.07) is 0.540. The molecule has 5 nitrogen and oxygen atoms in total. The highest BCUT2D eigenvalue weighted by molar-refractivity contribution is 7.91. The van der Waals surface area contributed by atoms with Crippen molar-refractivity contribution in [1.82, 2.24) is 9.80 Å². The zero-order chi connectivity index (χ0) is 14.9. The maximum atomic E-state index is 12.5. The van der Waals surface area contributed by atoms with E-state index in [1.54, 1.807) is 0 Å². The van der Waals surface area contributed by atoms with Gasteiger partial charge in [-0.2, -0.15) is 0 Å². The van der Waals surface area contributed by atoms with Crippen LogP contribution in [0.2, 0.25) is 0 Å². The number of amides is 1. The summed E-state index contributed by atoms with van der Waals surface area (Å²) in [4.78, 5) is 16.5. The number of likely N-dealkylation sites (tertiary alicyclic amines) is 1. The Balaban J connectivity index is 1.97. The van der Waals surface area contributed by atoms with Crippen LogP contribution in [0.3, 0.4) is 0 Å². The van der Waals surface area contributed by atoms with Crippen molar-refractivity contribution < 1.29 is 13.2 Å². The van der Waals surface area contributed by atoms with Gasteiger partial charge < -0.3 is 4.90 Å². The highest BCUT2D eigenvalue weighted by Crippen LogP contribution is 2.23. The van der Waals surface area contributed by atoms with Gasteiger partial charge >= 0.3 is 0 Å². The minimum Gasteiger partial charge on any atom is -0.336 e. The molecule has 0 bridgehead atoms. The largest absolute Gasteiger partial charge is 0.336 e. The molecular weight excluding hydrogens is 276 g/mol. The van der Waals surface area contributed by atoms with E-state index in [0.717, 1.165) is 12.8 Å². The van der Waals surface area contributed by atoms with Crippen LogP contribution in [-0.4, -0.2) is 66.8 Å². The van der Waals surface area contributed by atoms with E-state index in [2.05, 4.69) is 13.8 Å². The molecule has 0 radical (unpaired) electrons. The molecule has 0 aromatic carbocycles. The molecule has 2 saturated heterocycles. The van der Waals surface area contributed by atoms with Crippen molar-refractivity contribution in [3.8, 4) is 0 Å². The lowest BCUT2D eigenvalue weighted by Gasteiger charge is -2.41. The maximum Gasteiger partial charge on any atom is 0.237 e. The molecular formula is C14H26N2O3S. The lowest BCUT2D eigenvalue weighted by molar-refractivity contribution is -0.138. The first-order valence-corrected chi connectivity index (χ1v) is 9.38. The molecule has 2 fully saturated rings. The summed E-state index contributed by atoms with van der Waals surface area (Å²) in [5, 5.41) is 0. The van der Waals surface area contributed by atoms with Crippen molar-refractivity contribution in [2.45, 2.75) is 58.2 Å². The van der Waals surface area contributed by atoms with Gasteiger partial charge in [0.15, 0.2) is 9.84 Å². The Morgan fingerprint density at radius 2 is 1.70 bits per heavy atom. The van der Waals surface area contributed by atoms with Crippen molar-refractivity contribution >= 4 is 15.7 Å². The summed E-state index contributed by atoms with van der Waals surface area (Å²) in [6.07, 6.45) is 3.32. The van der Waals surface area contributed by atoms with Crippen LogP contribution >= 0.6 is 0 Å². The fraction of sp³-hybridized carbons (Fsp3) is 0.929. The third kappa shape index (κ3) is 3.52. The third-order valence-corrected chi connectivity index (χ3v) is 6.42. The average Bonchev–Trinajstić information content (AvgIpc) is 2.32. The number of piperidine rings is 1. The molecule has 0 N–H and O–H groups in total. The standard InChI is InChI=1S/C14H26N2O3S/c1-11-5-4-6-12(2)16(11)14(17)9-15-7-8-20(18,19)10-13(15)3/h11-13H,4-10H2,1-3H3/t11-,12+,13-/m1/s1. The topological polar surface area (TPSA) is 57.7 Å². The van der Waals surface area contributed by atoms with Gasteiger partial charge in [0.1, 0.15) is 0 Å². The minimum atomic E-state index is -2.91. The number of hydrogen-bond acceptors (Lipinski definition) is 4. The normalized spacial score (nSPS) is 35.0. The molecule has 0 aromatic heterocycles. The van der Waals surface area contributed by atoms with Crippen LogP contribution in [0.15, 0.2) is 0 Å². The van der Waals surface area contributed by atoms with Crippen molar-refractivity contribution in [3.63, 3.8) is 0 Å². The van der Waals surface area contributed by atoms with Gasteiger partial charge in [-0.05, 0) is 40.0 Å². The third-order valence-electron chi connectivity index (χ3n) is 4.63. The number of sulfone groups is 1. The summed E-state index contributed by atoms with van der Waals surface area (Å²) >= 11 is 0. The van der Waals surface area contributed by atoms with E-state index in [4.69, 9.17) is 0 Å². The number of hydrogen-bond donors (Lipinski definition) is 0. The molecule has 6 heteroatoms. The van der Waals surface area contributed by atoms with Crippen molar-refractivity contribution in [1.29, 1.82) is 0 Å².